The summed E-state index contributed by atoms with van der Waals surface area (Å²) in [5, 5.41) is 12.6. The van der Waals surface area contributed by atoms with Crippen molar-refractivity contribution in [2.24, 2.45) is 0 Å². The number of carbonyl (C=O) groups is 1. The molecule has 0 bridgehead atoms. The van der Waals surface area contributed by atoms with Gasteiger partial charge in [-0.25, -0.2) is 9.18 Å². The molecule has 0 aliphatic rings. The van der Waals surface area contributed by atoms with Crippen molar-refractivity contribution in [3.05, 3.63) is 42.1 Å². The van der Waals surface area contributed by atoms with Crippen LogP contribution in [0.2, 0.25) is 0 Å². The second-order valence-electron chi connectivity index (χ2n) is 3.64. The number of carboxylic acids is 1. The Kier molecular flexibility index (Phi) is 2.16. The lowest BCUT2D eigenvalue weighted by molar-refractivity contribution is 0.0652. The quantitative estimate of drug-likeness (QED) is 0.753. The molecule has 3 rings (SSSR count). The lowest BCUT2D eigenvalue weighted by atomic mass is 10.1. The van der Waals surface area contributed by atoms with Crippen LogP contribution >= 0.6 is 0 Å². The fraction of sp³-hybridized carbons (Fsp3) is 0. The monoisotopic (exact) mass is 247 g/mol. The third kappa shape index (κ3) is 1.46. The zero-order valence-electron chi connectivity index (χ0n) is 8.88. The summed E-state index contributed by atoms with van der Waals surface area (Å²) in [7, 11) is 0. The van der Waals surface area contributed by atoms with Gasteiger partial charge in [0.2, 0.25) is 5.76 Å². The first-order valence-electron chi connectivity index (χ1n) is 5.03. The van der Waals surface area contributed by atoms with Gasteiger partial charge < -0.3 is 14.0 Å². The second-order valence-corrected chi connectivity index (χ2v) is 3.64. The van der Waals surface area contributed by atoms with Gasteiger partial charge in [0.15, 0.2) is 0 Å². The van der Waals surface area contributed by atoms with Gasteiger partial charge in [0.1, 0.15) is 17.1 Å². The second kappa shape index (κ2) is 3.69. The highest BCUT2D eigenvalue weighted by Crippen LogP contribution is 2.29. The van der Waals surface area contributed by atoms with Crippen LogP contribution in [0.15, 0.2) is 39.5 Å². The third-order valence-corrected chi connectivity index (χ3v) is 2.57. The van der Waals surface area contributed by atoms with E-state index in [2.05, 4.69) is 9.68 Å². The van der Waals surface area contributed by atoms with E-state index >= 15 is 0 Å². The number of halogens is 1. The van der Waals surface area contributed by atoms with Crippen molar-refractivity contribution in [2.45, 2.75) is 0 Å². The highest BCUT2D eigenvalue weighted by Gasteiger charge is 2.17. The summed E-state index contributed by atoms with van der Waals surface area (Å²) >= 11 is 0. The molecule has 1 aromatic carbocycles. The minimum absolute atomic E-state index is 0.132. The van der Waals surface area contributed by atoms with Gasteiger partial charge in [0.05, 0.1) is 11.6 Å². The van der Waals surface area contributed by atoms with E-state index in [1.165, 1.54) is 24.5 Å². The maximum absolute atomic E-state index is 14.1. The molecule has 0 aliphatic carbocycles. The highest BCUT2D eigenvalue weighted by atomic mass is 19.1. The fourth-order valence-corrected chi connectivity index (χ4v) is 1.71. The van der Waals surface area contributed by atoms with E-state index in [4.69, 9.17) is 9.52 Å². The molecule has 0 atom stereocenters. The van der Waals surface area contributed by atoms with Crippen LogP contribution in [0.1, 0.15) is 10.6 Å². The lowest BCUT2D eigenvalue weighted by Crippen LogP contribution is -1.91. The van der Waals surface area contributed by atoms with Crippen molar-refractivity contribution in [1.29, 1.82) is 0 Å². The number of furan rings is 1. The van der Waals surface area contributed by atoms with Crippen molar-refractivity contribution in [2.75, 3.05) is 0 Å². The van der Waals surface area contributed by atoms with E-state index in [0.717, 1.165) is 0 Å². The molecule has 0 aliphatic heterocycles. The predicted molar refractivity (Wildman–Crippen MR) is 58.6 cm³/mol. The Balaban J connectivity index is 2.18. The van der Waals surface area contributed by atoms with Gasteiger partial charge in [-0.05, 0) is 18.2 Å². The summed E-state index contributed by atoms with van der Waals surface area (Å²) in [6, 6.07) is 5.71. The van der Waals surface area contributed by atoms with E-state index in [0.29, 0.717) is 11.0 Å². The number of nitrogens with zero attached hydrogens (tertiary/aromatic N) is 1. The fourth-order valence-electron chi connectivity index (χ4n) is 1.71. The number of rotatable bonds is 2. The Morgan fingerprint density at radius 1 is 1.33 bits per heavy atom. The van der Waals surface area contributed by atoms with E-state index in [-0.39, 0.29) is 17.0 Å². The van der Waals surface area contributed by atoms with Gasteiger partial charge in [-0.15, -0.1) is 0 Å². The molecule has 3 aromatic rings. The van der Waals surface area contributed by atoms with Crippen molar-refractivity contribution >= 4 is 16.9 Å². The Morgan fingerprint density at radius 3 is 2.89 bits per heavy atom. The molecule has 5 nitrogen and oxygen atoms in total. The summed E-state index contributed by atoms with van der Waals surface area (Å²) < 4.78 is 23.8. The van der Waals surface area contributed by atoms with Crippen molar-refractivity contribution in [3.8, 4) is 11.3 Å². The molecule has 6 heteroatoms. The van der Waals surface area contributed by atoms with Crippen LogP contribution in [-0.2, 0) is 0 Å². The molecular formula is C12H6FNO4. The van der Waals surface area contributed by atoms with Gasteiger partial charge in [0.25, 0.3) is 0 Å². The molecule has 18 heavy (non-hydrogen) atoms. The number of hydrogen-bond acceptors (Lipinski definition) is 4. The van der Waals surface area contributed by atoms with Gasteiger partial charge in [-0.2, -0.15) is 0 Å². The normalized spacial score (nSPS) is 10.9. The average Bonchev–Trinajstić information content (AvgIpc) is 2.97. The van der Waals surface area contributed by atoms with Crippen LogP contribution in [0.4, 0.5) is 4.39 Å². The maximum Gasteiger partial charge on any atom is 0.374 e. The summed E-state index contributed by atoms with van der Waals surface area (Å²) in [6.07, 6.45) is 1.38. The van der Waals surface area contributed by atoms with Crippen LogP contribution in [0.5, 0.6) is 0 Å². The molecule has 1 N–H and O–H groups in total. The molecule has 0 fully saturated rings. The van der Waals surface area contributed by atoms with Crippen molar-refractivity contribution in [3.63, 3.8) is 0 Å². The minimum Gasteiger partial charge on any atom is -0.475 e. The van der Waals surface area contributed by atoms with Gasteiger partial charge in [-0.3, -0.25) is 0 Å². The minimum atomic E-state index is -1.25. The van der Waals surface area contributed by atoms with E-state index < -0.39 is 11.8 Å². The number of carboxylic acid groups (broad SMARTS) is 1. The van der Waals surface area contributed by atoms with E-state index in [9.17, 15) is 9.18 Å². The average molecular weight is 247 g/mol. The molecule has 0 spiro atoms. The number of hydrogen-bond donors (Lipinski definition) is 1. The first-order chi connectivity index (χ1) is 8.66. The van der Waals surface area contributed by atoms with Gasteiger partial charge in [0, 0.05) is 11.6 Å². The first-order valence-corrected chi connectivity index (χ1v) is 5.03. The summed E-state index contributed by atoms with van der Waals surface area (Å²) in [6.45, 7) is 0. The molecule has 0 saturated heterocycles. The summed E-state index contributed by atoms with van der Waals surface area (Å²) in [5.74, 6) is -2.11. The van der Waals surface area contributed by atoms with Crippen LogP contribution in [-0.4, -0.2) is 16.2 Å². The van der Waals surface area contributed by atoms with Crippen molar-refractivity contribution < 1.29 is 23.2 Å². The number of benzene rings is 1. The Bertz CT molecular complexity index is 743. The Labute approximate surface area is 99.4 Å². The van der Waals surface area contributed by atoms with Crippen LogP contribution in [0, 0.1) is 5.82 Å². The van der Waals surface area contributed by atoms with Gasteiger partial charge >= 0.3 is 5.97 Å². The van der Waals surface area contributed by atoms with Crippen LogP contribution in [0.3, 0.4) is 0 Å². The summed E-state index contributed by atoms with van der Waals surface area (Å²) in [5.41, 5.74) is 0.714. The lowest BCUT2D eigenvalue weighted by Gasteiger charge is -1.98. The summed E-state index contributed by atoms with van der Waals surface area (Å²) in [4.78, 5) is 10.7. The molecule has 0 amide bonds. The zero-order chi connectivity index (χ0) is 12.7. The smallest absolute Gasteiger partial charge is 0.374 e. The topological polar surface area (TPSA) is 76.5 Å². The molecular weight excluding hydrogens is 241 g/mol. The molecule has 2 aromatic heterocycles. The SMILES string of the molecule is O=C(O)c1cc(-c2ccc3occc3c2F)no1. The third-order valence-electron chi connectivity index (χ3n) is 2.57. The molecule has 0 saturated carbocycles. The van der Waals surface area contributed by atoms with Crippen LogP contribution < -0.4 is 0 Å². The molecule has 2 heterocycles. The number of aromatic carboxylic acids is 1. The molecule has 0 radical (unpaired) electrons. The van der Waals surface area contributed by atoms with Crippen LogP contribution in [0.25, 0.3) is 22.2 Å². The largest absolute Gasteiger partial charge is 0.475 e. The molecule has 0 unspecified atom stereocenters. The number of aromatic nitrogens is 1. The maximum atomic E-state index is 14.1. The predicted octanol–water partition coefficient (Wildman–Crippen LogP) is 2.93. The first kappa shape index (κ1) is 10.5. The van der Waals surface area contributed by atoms with E-state index in [1.807, 2.05) is 0 Å². The van der Waals surface area contributed by atoms with E-state index in [1.54, 1.807) is 6.07 Å². The standard InChI is InChI=1S/C12H6FNO4/c13-11-6(1-2-9-7(11)3-4-17-9)8-5-10(12(15)16)18-14-8/h1-5H,(H,15,16). The number of fused-ring (bicyclic) bond motifs is 1. The highest BCUT2D eigenvalue weighted by molar-refractivity contribution is 5.87. The Morgan fingerprint density at radius 2 is 2.17 bits per heavy atom. The van der Waals surface area contributed by atoms with Gasteiger partial charge in [-0.1, -0.05) is 5.16 Å². The molecule has 90 valence electrons. The van der Waals surface area contributed by atoms with Crippen molar-refractivity contribution in [1.82, 2.24) is 5.16 Å². The Hall–Kier alpha value is -2.63. The zero-order valence-corrected chi connectivity index (χ0v) is 8.88.